The number of fused-ring (bicyclic) bond motifs is 1. The van der Waals surface area contributed by atoms with Crippen molar-refractivity contribution in [2.75, 3.05) is 11.9 Å². The lowest BCUT2D eigenvalue weighted by Gasteiger charge is -2.25. The van der Waals surface area contributed by atoms with E-state index in [1.807, 2.05) is 67.6 Å². The molecule has 1 atom stereocenters. The van der Waals surface area contributed by atoms with E-state index in [2.05, 4.69) is 10.6 Å². The third-order valence-electron chi connectivity index (χ3n) is 5.35. The number of nitrogens with one attached hydrogen (secondary N) is 2. The van der Waals surface area contributed by atoms with Crippen LogP contribution in [0.2, 0.25) is 0 Å². The lowest BCUT2D eigenvalue weighted by molar-refractivity contribution is -0.126. The molecule has 2 N–H and O–H groups in total. The van der Waals surface area contributed by atoms with E-state index < -0.39 is 0 Å². The second-order valence-corrected chi connectivity index (χ2v) is 7.50. The number of ether oxygens (including phenoxy) is 1. The molecule has 0 aromatic heterocycles. The van der Waals surface area contributed by atoms with Crippen molar-refractivity contribution in [3.05, 3.63) is 95.1 Å². The standard InChI is InChI=1S/C25H24N2O3/c1-17-7-5-6-10-19(17)15-26-24(28)21-13-20-14-22(11-12-23(20)30-16-21)27-25(29)18-8-3-2-4-9-18/h2-12,14,21H,13,15-16H2,1H3,(H,26,28)(H,27,29). The molecule has 0 bridgehead atoms. The summed E-state index contributed by atoms with van der Waals surface area (Å²) >= 11 is 0. The van der Waals surface area contributed by atoms with E-state index in [0.29, 0.717) is 30.8 Å². The fraction of sp³-hybridized carbons (Fsp3) is 0.200. The molecule has 152 valence electrons. The molecule has 1 aliphatic heterocycles. The van der Waals surface area contributed by atoms with Crippen LogP contribution in [0.1, 0.15) is 27.0 Å². The van der Waals surface area contributed by atoms with Crippen molar-refractivity contribution < 1.29 is 14.3 Å². The molecule has 30 heavy (non-hydrogen) atoms. The molecule has 0 fully saturated rings. The number of aryl methyl sites for hydroxylation is 1. The summed E-state index contributed by atoms with van der Waals surface area (Å²) in [4.78, 5) is 25.1. The zero-order chi connectivity index (χ0) is 20.9. The number of rotatable bonds is 5. The average molecular weight is 400 g/mol. The maximum absolute atomic E-state index is 12.7. The van der Waals surface area contributed by atoms with Crippen LogP contribution in [-0.4, -0.2) is 18.4 Å². The molecule has 0 aliphatic carbocycles. The number of hydrogen-bond acceptors (Lipinski definition) is 3. The third-order valence-corrected chi connectivity index (χ3v) is 5.35. The van der Waals surface area contributed by atoms with Crippen LogP contribution in [0.15, 0.2) is 72.8 Å². The first-order chi connectivity index (χ1) is 14.6. The van der Waals surface area contributed by atoms with Crippen LogP contribution >= 0.6 is 0 Å². The second kappa shape index (κ2) is 8.82. The highest BCUT2D eigenvalue weighted by atomic mass is 16.5. The molecule has 1 unspecified atom stereocenters. The van der Waals surface area contributed by atoms with E-state index in [1.54, 1.807) is 12.1 Å². The Labute approximate surface area is 176 Å². The maximum atomic E-state index is 12.7. The van der Waals surface area contributed by atoms with Gasteiger partial charge in [-0.05, 0) is 60.4 Å². The van der Waals surface area contributed by atoms with Gasteiger partial charge < -0.3 is 15.4 Å². The minimum Gasteiger partial charge on any atom is -0.492 e. The highest BCUT2D eigenvalue weighted by Crippen LogP contribution is 2.30. The quantitative estimate of drug-likeness (QED) is 0.677. The van der Waals surface area contributed by atoms with Gasteiger partial charge in [-0.1, -0.05) is 42.5 Å². The van der Waals surface area contributed by atoms with Crippen molar-refractivity contribution in [3.63, 3.8) is 0 Å². The van der Waals surface area contributed by atoms with Crippen LogP contribution in [0.5, 0.6) is 5.75 Å². The molecule has 0 spiro atoms. The van der Waals surface area contributed by atoms with E-state index in [-0.39, 0.29) is 17.7 Å². The Morgan fingerprint density at radius 1 is 1.00 bits per heavy atom. The Morgan fingerprint density at radius 2 is 1.77 bits per heavy atom. The summed E-state index contributed by atoms with van der Waals surface area (Å²) in [6.45, 7) is 2.89. The van der Waals surface area contributed by atoms with Crippen LogP contribution < -0.4 is 15.4 Å². The van der Waals surface area contributed by atoms with Crippen LogP contribution in [0.3, 0.4) is 0 Å². The highest BCUT2D eigenvalue weighted by Gasteiger charge is 2.26. The van der Waals surface area contributed by atoms with Crippen LogP contribution in [0, 0.1) is 12.8 Å². The Bertz CT molecular complexity index is 1060. The topological polar surface area (TPSA) is 67.4 Å². The second-order valence-electron chi connectivity index (χ2n) is 7.50. The molecular weight excluding hydrogens is 376 g/mol. The van der Waals surface area contributed by atoms with Crippen molar-refractivity contribution in [1.29, 1.82) is 0 Å². The van der Waals surface area contributed by atoms with Gasteiger partial charge in [0.15, 0.2) is 0 Å². The van der Waals surface area contributed by atoms with Gasteiger partial charge in [-0.3, -0.25) is 9.59 Å². The van der Waals surface area contributed by atoms with Gasteiger partial charge in [-0.25, -0.2) is 0 Å². The van der Waals surface area contributed by atoms with Crippen LogP contribution in [-0.2, 0) is 17.8 Å². The SMILES string of the molecule is Cc1ccccc1CNC(=O)C1COc2ccc(NC(=O)c3ccccc3)cc2C1. The lowest BCUT2D eigenvalue weighted by atomic mass is 9.95. The molecule has 4 rings (SSSR count). The normalized spacial score (nSPS) is 14.9. The molecule has 0 radical (unpaired) electrons. The van der Waals surface area contributed by atoms with E-state index in [0.717, 1.165) is 22.4 Å². The number of amides is 2. The highest BCUT2D eigenvalue weighted by molar-refractivity contribution is 6.04. The fourth-order valence-electron chi connectivity index (χ4n) is 3.57. The monoisotopic (exact) mass is 400 g/mol. The molecule has 1 heterocycles. The van der Waals surface area contributed by atoms with E-state index in [4.69, 9.17) is 4.74 Å². The Hall–Kier alpha value is -3.60. The zero-order valence-corrected chi connectivity index (χ0v) is 16.9. The third kappa shape index (κ3) is 4.51. The van der Waals surface area contributed by atoms with Gasteiger partial charge in [0.2, 0.25) is 5.91 Å². The van der Waals surface area contributed by atoms with Gasteiger partial charge in [0.1, 0.15) is 12.4 Å². The maximum Gasteiger partial charge on any atom is 0.255 e. The van der Waals surface area contributed by atoms with E-state index in [9.17, 15) is 9.59 Å². The number of anilines is 1. The number of hydrogen-bond donors (Lipinski definition) is 2. The van der Waals surface area contributed by atoms with Gasteiger partial charge in [0.25, 0.3) is 5.91 Å². The predicted octanol–water partition coefficient (Wildman–Crippen LogP) is 4.11. The smallest absolute Gasteiger partial charge is 0.255 e. The van der Waals surface area contributed by atoms with Crippen molar-refractivity contribution in [3.8, 4) is 5.75 Å². The molecule has 3 aromatic rings. The first-order valence-electron chi connectivity index (χ1n) is 10.0. The van der Waals surface area contributed by atoms with Crippen molar-refractivity contribution in [2.45, 2.75) is 19.9 Å². The molecule has 0 saturated carbocycles. The molecule has 3 aromatic carbocycles. The Kier molecular flexibility index (Phi) is 5.80. The minimum absolute atomic E-state index is 0.0253. The van der Waals surface area contributed by atoms with Crippen LogP contribution in [0.25, 0.3) is 0 Å². The molecule has 5 heteroatoms. The summed E-state index contributed by atoms with van der Waals surface area (Å²) in [5, 5.41) is 5.93. The minimum atomic E-state index is -0.262. The molecule has 5 nitrogen and oxygen atoms in total. The Balaban J connectivity index is 1.40. The summed E-state index contributed by atoms with van der Waals surface area (Å²) in [5.74, 6) is 0.305. The molecule has 2 amide bonds. The first-order valence-corrected chi connectivity index (χ1v) is 10.0. The van der Waals surface area contributed by atoms with Crippen molar-refractivity contribution >= 4 is 17.5 Å². The Morgan fingerprint density at radius 3 is 2.57 bits per heavy atom. The lowest BCUT2D eigenvalue weighted by Crippen LogP contribution is -2.37. The van der Waals surface area contributed by atoms with Gasteiger partial charge >= 0.3 is 0 Å². The molecule has 1 aliphatic rings. The van der Waals surface area contributed by atoms with E-state index in [1.165, 1.54) is 0 Å². The van der Waals surface area contributed by atoms with Crippen molar-refractivity contribution in [1.82, 2.24) is 5.32 Å². The average Bonchev–Trinajstić information content (AvgIpc) is 2.78. The fourth-order valence-corrected chi connectivity index (χ4v) is 3.57. The summed E-state index contributed by atoms with van der Waals surface area (Å²) < 4.78 is 5.80. The predicted molar refractivity (Wildman–Crippen MR) is 117 cm³/mol. The van der Waals surface area contributed by atoms with Gasteiger partial charge in [0, 0.05) is 17.8 Å². The first kappa shape index (κ1) is 19.7. The summed E-state index contributed by atoms with van der Waals surface area (Å²) in [6.07, 6.45) is 0.573. The number of carbonyl (C=O) groups is 2. The number of carbonyl (C=O) groups excluding carboxylic acids is 2. The van der Waals surface area contributed by atoms with Crippen molar-refractivity contribution in [2.24, 2.45) is 5.92 Å². The summed E-state index contributed by atoms with van der Waals surface area (Å²) in [6, 6.07) is 22.6. The molecule has 0 saturated heterocycles. The van der Waals surface area contributed by atoms with Gasteiger partial charge in [-0.2, -0.15) is 0 Å². The van der Waals surface area contributed by atoms with Gasteiger partial charge in [0.05, 0.1) is 5.92 Å². The summed E-state index contributed by atoms with van der Waals surface area (Å²) in [7, 11) is 0. The zero-order valence-electron chi connectivity index (χ0n) is 16.9. The summed E-state index contributed by atoms with van der Waals surface area (Å²) in [5.41, 5.74) is 4.46. The van der Waals surface area contributed by atoms with Crippen LogP contribution in [0.4, 0.5) is 5.69 Å². The van der Waals surface area contributed by atoms with Gasteiger partial charge in [-0.15, -0.1) is 0 Å². The molecular formula is C25H24N2O3. The van der Waals surface area contributed by atoms with E-state index >= 15 is 0 Å². The largest absolute Gasteiger partial charge is 0.492 e. The number of benzene rings is 3.